The molecule has 0 aliphatic heterocycles. The van der Waals surface area contributed by atoms with E-state index in [0.717, 1.165) is 12.1 Å². The number of nitrogens with two attached hydrogens (primary N) is 1. The van der Waals surface area contributed by atoms with Gasteiger partial charge in [-0.3, -0.25) is 4.79 Å². The zero-order chi connectivity index (χ0) is 10.9. The van der Waals surface area contributed by atoms with E-state index in [0.29, 0.717) is 0 Å². The highest BCUT2D eigenvalue weighted by Crippen LogP contribution is 2.32. The molecule has 0 radical (unpaired) electrons. The Hall–Kier alpha value is -1.14. The molecule has 0 aliphatic rings. The van der Waals surface area contributed by atoms with Gasteiger partial charge in [-0.15, -0.1) is 0 Å². The molecular formula is C8H7BrFNO3. The minimum Gasteiger partial charge on any atom is -0.506 e. The molecule has 1 unspecified atom stereocenters. The van der Waals surface area contributed by atoms with Crippen molar-refractivity contribution in [2.24, 2.45) is 5.73 Å². The summed E-state index contributed by atoms with van der Waals surface area (Å²) in [7, 11) is 0. The molecule has 0 saturated carbocycles. The molecule has 1 aromatic carbocycles. The summed E-state index contributed by atoms with van der Waals surface area (Å²) in [6.07, 6.45) is 0. The number of aromatic hydroxyl groups is 1. The minimum absolute atomic E-state index is 0.0733. The second-order valence-corrected chi connectivity index (χ2v) is 3.50. The van der Waals surface area contributed by atoms with Crippen molar-refractivity contribution in [3.8, 4) is 5.75 Å². The van der Waals surface area contributed by atoms with E-state index in [9.17, 15) is 14.3 Å². The predicted molar refractivity (Wildman–Crippen MR) is 50.3 cm³/mol. The number of halogens is 2. The number of benzene rings is 1. The third-order valence-electron chi connectivity index (χ3n) is 1.66. The van der Waals surface area contributed by atoms with Crippen LogP contribution in [-0.2, 0) is 4.79 Å². The molecule has 1 rings (SSSR count). The van der Waals surface area contributed by atoms with Gasteiger partial charge in [-0.25, -0.2) is 4.39 Å². The fraction of sp³-hybridized carbons (Fsp3) is 0.125. The van der Waals surface area contributed by atoms with Gasteiger partial charge in [0.05, 0.1) is 4.47 Å². The van der Waals surface area contributed by atoms with Gasteiger partial charge < -0.3 is 15.9 Å². The number of rotatable bonds is 2. The van der Waals surface area contributed by atoms with Crippen molar-refractivity contribution >= 4 is 21.9 Å². The maximum absolute atomic E-state index is 12.8. The van der Waals surface area contributed by atoms with Crippen LogP contribution in [0.25, 0.3) is 0 Å². The van der Waals surface area contributed by atoms with E-state index < -0.39 is 17.8 Å². The van der Waals surface area contributed by atoms with Crippen LogP contribution < -0.4 is 5.73 Å². The Bertz CT molecular complexity index is 383. The van der Waals surface area contributed by atoms with Crippen LogP contribution in [0.3, 0.4) is 0 Å². The van der Waals surface area contributed by atoms with Crippen LogP contribution >= 0.6 is 15.9 Å². The molecule has 1 aromatic rings. The quantitative estimate of drug-likeness (QED) is 0.753. The smallest absolute Gasteiger partial charge is 0.325 e. The Morgan fingerprint density at radius 2 is 2.14 bits per heavy atom. The number of hydrogen-bond acceptors (Lipinski definition) is 3. The van der Waals surface area contributed by atoms with Gasteiger partial charge in [0.25, 0.3) is 0 Å². The third-order valence-corrected chi connectivity index (χ3v) is 2.26. The third kappa shape index (κ3) is 2.02. The van der Waals surface area contributed by atoms with E-state index in [2.05, 4.69) is 15.9 Å². The van der Waals surface area contributed by atoms with Gasteiger partial charge in [0.2, 0.25) is 0 Å². The van der Waals surface area contributed by atoms with Crippen LogP contribution in [0.4, 0.5) is 4.39 Å². The second-order valence-electron chi connectivity index (χ2n) is 2.64. The van der Waals surface area contributed by atoms with Gasteiger partial charge in [0.15, 0.2) is 0 Å². The summed E-state index contributed by atoms with van der Waals surface area (Å²) in [4.78, 5) is 10.5. The first-order chi connectivity index (χ1) is 6.43. The molecule has 0 spiro atoms. The Balaban J connectivity index is 3.26. The highest BCUT2D eigenvalue weighted by Gasteiger charge is 2.20. The second kappa shape index (κ2) is 3.93. The lowest BCUT2D eigenvalue weighted by molar-refractivity contribution is -0.138. The highest BCUT2D eigenvalue weighted by molar-refractivity contribution is 9.10. The Labute approximate surface area is 87.3 Å². The van der Waals surface area contributed by atoms with Crippen molar-refractivity contribution in [3.63, 3.8) is 0 Å². The molecule has 1 atom stereocenters. The lowest BCUT2D eigenvalue weighted by Crippen LogP contribution is -2.20. The van der Waals surface area contributed by atoms with Gasteiger partial charge in [-0.05, 0) is 28.1 Å². The molecule has 76 valence electrons. The molecule has 0 heterocycles. The van der Waals surface area contributed by atoms with Crippen LogP contribution in [0.1, 0.15) is 11.6 Å². The summed E-state index contributed by atoms with van der Waals surface area (Å²) in [5, 5.41) is 18.0. The van der Waals surface area contributed by atoms with Gasteiger partial charge in [-0.2, -0.15) is 0 Å². The topological polar surface area (TPSA) is 83.6 Å². The van der Waals surface area contributed by atoms with Crippen molar-refractivity contribution in [1.29, 1.82) is 0 Å². The van der Waals surface area contributed by atoms with Crippen LogP contribution in [0.15, 0.2) is 16.6 Å². The van der Waals surface area contributed by atoms with Crippen molar-refractivity contribution in [2.45, 2.75) is 6.04 Å². The summed E-state index contributed by atoms with van der Waals surface area (Å²) in [6, 6.07) is 0.466. The van der Waals surface area contributed by atoms with Crippen molar-refractivity contribution < 1.29 is 19.4 Å². The number of aliphatic carboxylic acids is 1. The number of phenols is 1. The predicted octanol–water partition coefficient (Wildman–Crippen LogP) is 1.38. The van der Waals surface area contributed by atoms with Gasteiger partial charge >= 0.3 is 5.97 Å². The molecule has 0 fully saturated rings. The summed E-state index contributed by atoms with van der Waals surface area (Å²) in [6.45, 7) is 0. The maximum atomic E-state index is 12.8. The normalized spacial score (nSPS) is 12.5. The molecule has 6 heteroatoms. The molecule has 14 heavy (non-hydrogen) atoms. The average Bonchev–Trinajstić information content (AvgIpc) is 2.09. The summed E-state index contributed by atoms with van der Waals surface area (Å²) < 4.78 is 12.9. The first-order valence-corrected chi connectivity index (χ1v) is 4.39. The zero-order valence-electron chi connectivity index (χ0n) is 6.87. The molecule has 0 bridgehead atoms. The largest absolute Gasteiger partial charge is 0.506 e. The van der Waals surface area contributed by atoms with E-state index in [1.54, 1.807) is 0 Å². The first kappa shape index (κ1) is 10.9. The molecule has 4 N–H and O–H groups in total. The monoisotopic (exact) mass is 263 g/mol. The van der Waals surface area contributed by atoms with E-state index in [4.69, 9.17) is 10.8 Å². The number of hydrogen-bond donors (Lipinski definition) is 3. The SMILES string of the molecule is NC(C(=O)O)c1cc(F)cc(Br)c1O. The average molecular weight is 264 g/mol. The standard InChI is InChI=1S/C8H7BrFNO3/c9-5-2-3(10)1-4(7(5)12)6(11)8(13)14/h1-2,6,12H,11H2,(H,13,14). The van der Waals surface area contributed by atoms with Crippen molar-refractivity contribution in [2.75, 3.05) is 0 Å². The van der Waals surface area contributed by atoms with E-state index in [-0.39, 0.29) is 15.8 Å². The van der Waals surface area contributed by atoms with Crippen LogP contribution in [0.2, 0.25) is 0 Å². The highest BCUT2D eigenvalue weighted by atomic mass is 79.9. The van der Waals surface area contributed by atoms with Gasteiger partial charge in [0.1, 0.15) is 17.6 Å². The van der Waals surface area contributed by atoms with Crippen LogP contribution in [-0.4, -0.2) is 16.2 Å². The molecule has 0 aliphatic carbocycles. The Kier molecular flexibility index (Phi) is 3.07. The van der Waals surface area contributed by atoms with E-state index in [1.165, 1.54) is 0 Å². The van der Waals surface area contributed by atoms with E-state index >= 15 is 0 Å². The summed E-state index contributed by atoms with van der Waals surface area (Å²) in [5.41, 5.74) is 5.07. The minimum atomic E-state index is -1.44. The molecular weight excluding hydrogens is 257 g/mol. The fourth-order valence-corrected chi connectivity index (χ4v) is 1.40. The number of carbonyl (C=O) groups is 1. The molecule has 0 aromatic heterocycles. The van der Waals surface area contributed by atoms with E-state index in [1.807, 2.05) is 0 Å². The lowest BCUT2D eigenvalue weighted by atomic mass is 10.1. The summed E-state index contributed by atoms with van der Waals surface area (Å²) >= 11 is 2.88. The number of phenolic OH excluding ortho intramolecular Hbond substituents is 1. The first-order valence-electron chi connectivity index (χ1n) is 3.59. The Morgan fingerprint density at radius 3 is 2.64 bits per heavy atom. The van der Waals surface area contributed by atoms with Crippen LogP contribution in [0, 0.1) is 5.82 Å². The van der Waals surface area contributed by atoms with Crippen molar-refractivity contribution in [1.82, 2.24) is 0 Å². The summed E-state index contributed by atoms with van der Waals surface area (Å²) in [5.74, 6) is -2.36. The number of carboxylic acid groups (broad SMARTS) is 1. The number of carboxylic acids is 1. The molecule has 4 nitrogen and oxygen atoms in total. The molecule has 0 saturated heterocycles. The fourth-order valence-electron chi connectivity index (χ4n) is 0.956. The Morgan fingerprint density at radius 1 is 1.57 bits per heavy atom. The van der Waals surface area contributed by atoms with Crippen molar-refractivity contribution in [3.05, 3.63) is 28.0 Å². The lowest BCUT2D eigenvalue weighted by Gasteiger charge is -2.10. The maximum Gasteiger partial charge on any atom is 0.325 e. The van der Waals surface area contributed by atoms with Crippen LogP contribution in [0.5, 0.6) is 5.75 Å². The zero-order valence-corrected chi connectivity index (χ0v) is 8.45. The molecule has 0 amide bonds. The van der Waals surface area contributed by atoms with Gasteiger partial charge in [-0.1, -0.05) is 0 Å². The van der Waals surface area contributed by atoms with Gasteiger partial charge in [0, 0.05) is 5.56 Å².